The number of esters is 1. The topological polar surface area (TPSA) is 94.8 Å². The molecule has 8 nitrogen and oxygen atoms in total. The first-order valence-electron chi connectivity index (χ1n) is 7.04. The van der Waals surface area contributed by atoms with Crippen molar-refractivity contribution < 1.29 is 9.53 Å². The van der Waals surface area contributed by atoms with Crippen LogP contribution in [0.5, 0.6) is 0 Å². The maximum absolute atomic E-state index is 11.9. The lowest BCUT2D eigenvalue weighted by atomic mass is 10.2. The molecule has 23 heavy (non-hydrogen) atoms. The first-order valence-corrected chi connectivity index (χ1v) is 7.86. The van der Waals surface area contributed by atoms with Gasteiger partial charge >= 0.3 is 5.97 Å². The van der Waals surface area contributed by atoms with E-state index in [2.05, 4.69) is 25.6 Å². The summed E-state index contributed by atoms with van der Waals surface area (Å²) in [5.74, 6) is 1.02. The van der Waals surface area contributed by atoms with Crippen molar-refractivity contribution >= 4 is 33.3 Å². The van der Waals surface area contributed by atoms with Crippen LogP contribution in [0.1, 0.15) is 21.1 Å². The van der Waals surface area contributed by atoms with Crippen molar-refractivity contribution in [1.82, 2.24) is 25.0 Å². The molecule has 3 aromatic heterocycles. The molecule has 1 N–H and O–H groups in total. The van der Waals surface area contributed by atoms with E-state index in [0.29, 0.717) is 23.8 Å². The number of carbonyl (C=O) groups is 1. The normalized spacial score (nSPS) is 10.9. The lowest BCUT2D eigenvalue weighted by Gasteiger charge is -2.08. The summed E-state index contributed by atoms with van der Waals surface area (Å²) in [5.41, 5.74) is 0.833. The van der Waals surface area contributed by atoms with Crippen molar-refractivity contribution in [3.8, 4) is 0 Å². The number of aryl methyl sites for hydroxylation is 2. The lowest BCUT2D eigenvalue weighted by molar-refractivity contribution is 0.0605. The molecule has 0 saturated heterocycles. The molecular weight excluding hydrogens is 316 g/mol. The van der Waals surface area contributed by atoms with E-state index in [-0.39, 0.29) is 5.97 Å². The van der Waals surface area contributed by atoms with Gasteiger partial charge in [-0.1, -0.05) is 5.21 Å². The average molecular weight is 332 g/mol. The number of hydrogen-bond donors (Lipinski definition) is 1. The molecule has 9 heteroatoms. The van der Waals surface area contributed by atoms with E-state index < -0.39 is 0 Å². The number of aromatic nitrogens is 5. The number of hydrogen-bond acceptors (Lipinski definition) is 8. The number of nitrogens with zero attached hydrogens (tertiary/aromatic N) is 5. The average Bonchev–Trinajstić information content (AvgIpc) is 3.14. The molecule has 3 heterocycles. The largest absolute Gasteiger partial charge is 0.465 e. The Labute approximate surface area is 136 Å². The van der Waals surface area contributed by atoms with Crippen LogP contribution >= 0.6 is 11.3 Å². The molecule has 3 aromatic rings. The van der Waals surface area contributed by atoms with Crippen LogP contribution in [0.3, 0.4) is 0 Å². The molecule has 0 aliphatic carbocycles. The van der Waals surface area contributed by atoms with Gasteiger partial charge in [0.15, 0.2) is 0 Å². The maximum Gasteiger partial charge on any atom is 0.348 e. The summed E-state index contributed by atoms with van der Waals surface area (Å²) in [5, 5.41) is 11.8. The standard InChI is InChI=1S/C14H16N6O2S/c1-8-10-12(15-4-6-20-7-5-16-19-20)17-9(2)18-13(10)23-11(8)14(21)22-3/h5,7H,4,6H2,1-3H3,(H,15,17,18). The van der Waals surface area contributed by atoms with E-state index in [9.17, 15) is 4.79 Å². The third kappa shape index (κ3) is 3.00. The zero-order valence-corrected chi connectivity index (χ0v) is 13.8. The molecule has 0 aliphatic heterocycles. The molecule has 0 aromatic carbocycles. The van der Waals surface area contributed by atoms with Crippen molar-refractivity contribution in [1.29, 1.82) is 0 Å². The Kier molecular flexibility index (Phi) is 4.20. The Morgan fingerprint density at radius 3 is 2.91 bits per heavy atom. The van der Waals surface area contributed by atoms with E-state index in [1.807, 2.05) is 13.8 Å². The highest BCUT2D eigenvalue weighted by molar-refractivity contribution is 7.20. The van der Waals surface area contributed by atoms with Gasteiger partial charge in [-0.25, -0.2) is 14.8 Å². The fraction of sp³-hybridized carbons (Fsp3) is 0.357. The molecule has 0 radical (unpaired) electrons. The third-order valence-electron chi connectivity index (χ3n) is 3.38. The number of ether oxygens (including phenoxy) is 1. The zero-order valence-electron chi connectivity index (χ0n) is 13.0. The van der Waals surface area contributed by atoms with Crippen LogP contribution in [0.15, 0.2) is 12.4 Å². The first kappa shape index (κ1) is 15.3. The molecular formula is C14H16N6O2S. The Hall–Kier alpha value is -2.55. The van der Waals surface area contributed by atoms with E-state index in [1.54, 1.807) is 17.1 Å². The molecule has 0 atom stereocenters. The highest BCUT2D eigenvalue weighted by Crippen LogP contribution is 2.34. The summed E-state index contributed by atoms with van der Waals surface area (Å²) >= 11 is 1.32. The second-order valence-corrected chi connectivity index (χ2v) is 5.94. The van der Waals surface area contributed by atoms with Crippen LogP contribution in [-0.2, 0) is 11.3 Å². The quantitative estimate of drug-likeness (QED) is 0.712. The van der Waals surface area contributed by atoms with Gasteiger partial charge in [-0.2, -0.15) is 0 Å². The Morgan fingerprint density at radius 2 is 2.22 bits per heavy atom. The minimum atomic E-state index is -0.350. The second-order valence-electron chi connectivity index (χ2n) is 4.94. The maximum atomic E-state index is 11.9. The van der Waals surface area contributed by atoms with Gasteiger partial charge in [-0.3, -0.25) is 4.68 Å². The zero-order chi connectivity index (χ0) is 16.4. The van der Waals surface area contributed by atoms with Gasteiger partial charge in [0, 0.05) is 12.7 Å². The predicted molar refractivity (Wildman–Crippen MR) is 86.7 cm³/mol. The van der Waals surface area contributed by atoms with Gasteiger partial charge in [-0.05, 0) is 19.4 Å². The minimum absolute atomic E-state index is 0.350. The van der Waals surface area contributed by atoms with Gasteiger partial charge in [0.05, 0.1) is 25.2 Å². The fourth-order valence-electron chi connectivity index (χ4n) is 2.30. The van der Waals surface area contributed by atoms with Gasteiger partial charge in [0.2, 0.25) is 0 Å². The van der Waals surface area contributed by atoms with E-state index in [4.69, 9.17) is 4.74 Å². The van der Waals surface area contributed by atoms with Crippen LogP contribution < -0.4 is 5.32 Å². The number of anilines is 1. The van der Waals surface area contributed by atoms with Crippen LogP contribution in [0.4, 0.5) is 5.82 Å². The summed E-state index contributed by atoms with van der Waals surface area (Å²) in [6.07, 6.45) is 3.44. The monoisotopic (exact) mass is 332 g/mol. The van der Waals surface area contributed by atoms with E-state index in [1.165, 1.54) is 18.4 Å². The van der Waals surface area contributed by atoms with Crippen LogP contribution in [0.25, 0.3) is 10.2 Å². The van der Waals surface area contributed by atoms with Gasteiger partial charge in [0.25, 0.3) is 0 Å². The number of nitrogens with one attached hydrogen (secondary N) is 1. The number of rotatable bonds is 5. The summed E-state index contributed by atoms with van der Waals surface area (Å²) < 4.78 is 6.57. The van der Waals surface area contributed by atoms with Crippen LogP contribution in [0, 0.1) is 13.8 Å². The van der Waals surface area contributed by atoms with Gasteiger partial charge in [0.1, 0.15) is 21.3 Å². The molecule has 0 fully saturated rings. The number of methoxy groups -OCH3 is 1. The second kappa shape index (κ2) is 6.29. The Morgan fingerprint density at radius 1 is 1.39 bits per heavy atom. The van der Waals surface area contributed by atoms with Crippen molar-refractivity contribution in [2.75, 3.05) is 19.0 Å². The molecule has 3 rings (SSSR count). The fourth-order valence-corrected chi connectivity index (χ4v) is 3.45. The number of thiophene rings is 1. The van der Waals surface area contributed by atoms with Crippen molar-refractivity contribution in [3.05, 3.63) is 28.7 Å². The molecule has 0 bridgehead atoms. The van der Waals surface area contributed by atoms with Crippen molar-refractivity contribution in [2.45, 2.75) is 20.4 Å². The SMILES string of the molecule is COC(=O)c1sc2nc(C)nc(NCCn3ccnn3)c2c1C. The lowest BCUT2D eigenvalue weighted by Crippen LogP contribution is -2.12. The molecule has 0 aliphatic rings. The minimum Gasteiger partial charge on any atom is -0.465 e. The predicted octanol–water partition coefficient (Wildman–Crippen LogP) is 1.80. The third-order valence-corrected chi connectivity index (χ3v) is 4.54. The first-order chi connectivity index (χ1) is 11.1. The molecule has 120 valence electrons. The molecule has 0 saturated carbocycles. The summed E-state index contributed by atoms with van der Waals surface area (Å²) in [7, 11) is 1.38. The Bertz CT molecular complexity index is 843. The summed E-state index contributed by atoms with van der Waals surface area (Å²) in [4.78, 5) is 22.1. The van der Waals surface area contributed by atoms with Crippen LogP contribution in [-0.4, -0.2) is 44.6 Å². The number of fused-ring (bicyclic) bond motifs is 1. The van der Waals surface area contributed by atoms with Gasteiger partial charge in [-0.15, -0.1) is 16.4 Å². The van der Waals surface area contributed by atoms with E-state index >= 15 is 0 Å². The molecule has 0 spiro atoms. The van der Waals surface area contributed by atoms with E-state index in [0.717, 1.165) is 21.6 Å². The molecule has 0 amide bonds. The summed E-state index contributed by atoms with van der Waals surface area (Å²) in [6, 6.07) is 0. The van der Waals surface area contributed by atoms with Crippen LogP contribution in [0.2, 0.25) is 0 Å². The van der Waals surface area contributed by atoms with Crippen molar-refractivity contribution in [2.24, 2.45) is 0 Å². The van der Waals surface area contributed by atoms with Gasteiger partial charge < -0.3 is 10.1 Å². The highest BCUT2D eigenvalue weighted by atomic mass is 32.1. The summed E-state index contributed by atoms with van der Waals surface area (Å²) in [6.45, 7) is 5.01. The Balaban J connectivity index is 1.92. The smallest absolute Gasteiger partial charge is 0.348 e. The number of carbonyl (C=O) groups excluding carboxylic acids is 1. The molecule has 0 unspecified atom stereocenters. The highest BCUT2D eigenvalue weighted by Gasteiger charge is 2.20. The van der Waals surface area contributed by atoms with Crippen molar-refractivity contribution in [3.63, 3.8) is 0 Å².